The normalized spacial score (nSPS) is 10.3. The molecule has 0 aliphatic rings. The van der Waals surface area contributed by atoms with Crippen LogP contribution in [0.15, 0.2) is 42.6 Å². The number of hydrogen-bond donors (Lipinski definition) is 1. The minimum absolute atomic E-state index is 0.273. The van der Waals surface area contributed by atoms with Gasteiger partial charge in [0.25, 0.3) is 5.91 Å². The Kier molecular flexibility index (Phi) is 7.14. The van der Waals surface area contributed by atoms with E-state index in [1.54, 1.807) is 43.5 Å². The van der Waals surface area contributed by atoms with Gasteiger partial charge in [0, 0.05) is 25.5 Å². The topological polar surface area (TPSA) is 71.5 Å². The average Bonchev–Trinajstić information content (AvgIpc) is 2.66. The molecule has 138 valence electrons. The van der Waals surface area contributed by atoms with E-state index in [2.05, 4.69) is 22.1 Å². The highest BCUT2D eigenvalue weighted by Crippen LogP contribution is 2.19. The molecule has 6 heteroatoms. The van der Waals surface area contributed by atoms with Crippen LogP contribution in [0.4, 0.5) is 11.4 Å². The summed E-state index contributed by atoms with van der Waals surface area (Å²) in [7, 11) is 1.99. The van der Waals surface area contributed by atoms with E-state index in [4.69, 9.17) is 4.74 Å². The summed E-state index contributed by atoms with van der Waals surface area (Å²) in [5.41, 5.74) is 1.95. The predicted octanol–water partition coefficient (Wildman–Crippen LogP) is 3.75. The fraction of sp³-hybridized carbons (Fsp3) is 0.350. The van der Waals surface area contributed by atoms with Gasteiger partial charge >= 0.3 is 5.97 Å². The summed E-state index contributed by atoms with van der Waals surface area (Å²) in [5, 5.41) is 2.75. The molecule has 0 radical (unpaired) electrons. The zero-order valence-corrected chi connectivity index (χ0v) is 15.5. The van der Waals surface area contributed by atoms with E-state index >= 15 is 0 Å². The third-order valence-electron chi connectivity index (χ3n) is 3.93. The monoisotopic (exact) mass is 355 g/mol. The highest BCUT2D eigenvalue weighted by molar-refractivity contribution is 6.07. The maximum absolute atomic E-state index is 12.6. The molecule has 0 fully saturated rings. The predicted molar refractivity (Wildman–Crippen MR) is 103 cm³/mol. The molecular weight excluding hydrogens is 330 g/mol. The standard InChI is InChI=1S/C20H25N3O3/c1-4-6-13-23(3)15-11-12-21-18(14-15)19(24)22-17-10-8-7-9-16(17)20(25)26-5-2/h7-12,14H,4-6,13H2,1-3H3,(H,22,24). The van der Waals surface area contributed by atoms with E-state index in [1.165, 1.54) is 0 Å². The SMILES string of the molecule is CCCCN(C)c1ccnc(C(=O)Nc2ccccc2C(=O)OCC)c1. The number of pyridine rings is 1. The Morgan fingerprint density at radius 3 is 2.69 bits per heavy atom. The van der Waals surface area contributed by atoms with Gasteiger partial charge in [-0.25, -0.2) is 4.79 Å². The molecule has 0 atom stereocenters. The number of carbonyl (C=O) groups is 2. The van der Waals surface area contributed by atoms with Gasteiger partial charge in [0.15, 0.2) is 0 Å². The fourth-order valence-electron chi connectivity index (χ4n) is 2.47. The van der Waals surface area contributed by atoms with Gasteiger partial charge in [-0.05, 0) is 37.6 Å². The van der Waals surface area contributed by atoms with E-state index in [0.717, 1.165) is 25.1 Å². The summed E-state index contributed by atoms with van der Waals surface area (Å²) in [4.78, 5) is 30.9. The first-order chi connectivity index (χ1) is 12.6. The number of nitrogens with zero attached hydrogens (tertiary/aromatic N) is 2. The Hall–Kier alpha value is -2.89. The van der Waals surface area contributed by atoms with E-state index in [-0.39, 0.29) is 12.5 Å². The van der Waals surface area contributed by atoms with Gasteiger partial charge in [-0.1, -0.05) is 25.5 Å². The second-order valence-corrected chi connectivity index (χ2v) is 5.89. The number of anilines is 2. The lowest BCUT2D eigenvalue weighted by molar-refractivity contribution is 0.0527. The smallest absolute Gasteiger partial charge is 0.340 e. The maximum Gasteiger partial charge on any atom is 0.340 e. The number of rotatable bonds is 8. The largest absolute Gasteiger partial charge is 0.462 e. The number of ether oxygens (including phenoxy) is 1. The van der Waals surface area contributed by atoms with Crippen LogP contribution in [-0.4, -0.2) is 37.1 Å². The van der Waals surface area contributed by atoms with Gasteiger partial charge < -0.3 is 15.0 Å². The van der Waals surface area contributed by atoms with E-state index in [9.17, 15) is 9.59 Å². The number of amides is 1. The van der Waals surface area contributed by atoms with Crippen LogP contribution in [0.5, 0.6) is 0 Å². The van der Waals surface area contributed by atoms with Crippen LogP contribution in [0.2, 0.25) is 0 Å². The third-order valence-corrected chi connectivity index (χ3v) is 3.93. The highest BCUT2D eigenvalue weighted by Gasteiger charge is 2.16. The molecule has 6 nitrogen and oxygen atoms in total. The molecule has 1 amide bonds. The van der Waals surface area contributed by atoms with Crippen LogP contribution in [0.1, 0.15) is 47.5 Å². The number of aromatic nitrogens is 1. The summed E-state index contributed by atoms with van der Waals surface area (Å²) >= 11 is 0. The lowest BCUT2D eigenvalue weighted by Crippen LogP contribution is -2.20. The van der Waals surface area contributed by atoms with Gasteiger partial charge in [0.1, 0.15) is 5.69 Å². The Morgan fingerprint density at radius 1 is 1.19 bits per heavy atom. The number of carbonyl (C=O) groups excluding carboxylic acids is 2. The number of esters is 1. The Labute approximate surface area is 154 Å². The fourth-order valence-corrected chi connectivity index (χ4v) is 2.47. The molecule has 1 aromatic carbocycles. The van der Waals surface area contributed by atoms with Crippen LogP contribution in [-0.2, 0) is 4.74 Å². The molecule has 0 saturated carbocycles. The lowest BCUT2D eigenvalue weighted by Gasteiger charge is -2.19. The van der Waals surface area contributed by atoms with Gasteiger partial charge in [0.05, 0.1) is 17.9 Å². The van der Waals surface area contributed by atoms with Crippen molar-refractivity contribution in [1.82, 2.24) is 4.98 Å². The lowest BCUT2D eigenvalue weighted by atomic mass is 10.1. The highest BCUT2D eigenvalue weighted by atomic mass is 16.5. The Morgan fingerprint density at radius 2 is 1.96 bits per heavy atom. The molecule has 2 aromatic rings. The van der Waals surface area contributed by atoms with Crippen molar-refractivity contribution in [3.05, 3.63) is 53.9 Å². The molecule has 0 aliphatic carbocycles. The van der Waals surface area contributed by atoms with Crippen molar-refractivity contribution in [2.24, 2.45) is 0 Å². The maximum atomic E-state index is 12.6. The molecule has 0 spiro atoms. The van der Waals surface area contributed by atoms with Crippen LogP contribution in [0.3, 0.4) is 0 Å². The molecule has 2 rings (SSSR count). The molecule has 0 saturated heterocycles. The van der Waals surface area contributed by atoms with Gasteiger partial charge in [-0.15, -0.1) is 0 Å². The second kappa shape index (κ2) is 9.56. The molecule has 1 heterocycles. The van der Waals surface area contributed by atoms with Gasteiger partial charge in [-0.3, -0.25) is 9.78 Å². The summed E-state index contributed by atoms with van der Waals surface area (Å²) < 4.78 is 5.03. The van der Waals surface area contributed by atoms with Crippen molar-refractivity contribution in [2.75, 3.05) is 30.4 Å². The number of hydrogen-bond acceptors (Lipinski definition) is 5. The van der Waals surface area contributed by atoms with E-state index < -0.39 is 5.97 Å². The molecule has 1 aromatic heterocycles. The summed E-state index contributed by atoms with van der Waals surface area (Å²) in [6, 6.07) is 10.4. The summed E-state index contributed by atoms with van der Waals surface area (Å²) in [6.45, 7) is 5.06. The molecule has 0 aliphatic heterocycles. The first-order valence-electron chi connectivity index (χ1n) is 8.81. The third kappa shape index (κ3) is 5.05. The van der Waals surface area contributed by atoms with Crippen molar-refractivity contribution in [1.29, 1.82) is 0 Å². The Balaban J connectivity index is 2.17. The summed E-state index contributed by atoms with van der Waals surface area (Å²) in [6.07, 6.45) is 3.80. The molecule has 0 bridgehead atoms. The van der Waals surface area contributed by atoms with Crippen LogP contribution in [0.25, 0.3) is 0 Å². The van der Waals surface area contributed by atoms with Gasteiger partial charge in [-0.2, -0.15) is 0 Å². The minimum atomic E-state index is -0.468. The van der Waals surface area contributed by atoms with Crippen LogP contribution in [0, 0.1) is 0 Å². The zero-order chi connectivity index (χ0) is 18.9. The van der Waals surface area contributed by atoms with E-state index in [0.29, 0.717) is 16.9 Å². The number of unbranched alkanes of at least 4 members (excludes halogenated alkanes) is 1. The minimum Gasteiger partial charge on any atom is -0.462 e. The number of nitrogens with one attached hydrogen (secondary N) is 1. The summed E-state index contributed by atoms with van der Waals surface area (Å²) in [5.74, 6) is -0.836. The number of para-hydroxylation sites is 1. The average molecular weight is 355 g/mol. The quantitative estimate of drug-likeness (QED) is 0.730. The van der Waals surface area contributed by atoms with Crippen molar-refractivity contribution < 1.29 is 14.3 Å². The van der Waals surface area contributed by atoms with Crippen LogP contribution >= 0.6 is 0 Å². The molecule has 0 unspecified atom stereocenters. The van der Waals surface area contributed by atoms with Crippen LogP contribution < -0.4 is 10.2 Å². The first kappa shape index (κ1) is 19.4. The molecular formula is C20H25N3O3. The Bertz CT molecular complexity index is 761. The van der Waals surface area contributed by atoms with Crippen molar-refractivity contribution in [2.45, 2.75) is 26.7 Å². The van der Waals surface area contributed by atoms with E-state index in [1.807, 2.05) is 13.1 Å². The van der Waals surface area contributed by atoms with Crippen molar-refractivity contribution >= 4 is 23.3 Å². The zero-order valence-electron chi connectivity index (χ0n) is 15.5. The number of benzene rings is 1. The van der Waals surface area contributed by atoms with Crippen molar-refractivity contribution in [3.8, 4) is 0 Å². The second-order valence-electron chi connectivity index (χ2n) is 5.89. The van der Waals surface area contributed by atoms with Gasteiger partial charge in [0.2, 0.25) is 0 Å². The molecule has 26 heavy (non-hydrogen) atoms. The van der Waals surface area contributed by atoms with Crippen molar-refractivity contribution in [3.63, 3.8) is 0 Å². The first-order valence-corrected chi connectivity index (χ1v) is 8.81. The molecule has 1 N–H and O–H groups in total.